The van der Waals surface area contributed by atoms with Crippen molar-refractivity contribution < 1.29 is 14.4 Å². The Kier molecular flexibility index (Phi) is 3.43. The van der Waals surface area contributed by atoms with Crippen molar-refractivity contribution in [3.8, 4) is 0 Å². The maximum Gasteiger partial charge on any atom is 0.325 e. The molecular weight excluding hydrogens is 294 g/mol. The zero-order chi connectivity index (χ0) is 16.0. The van der Waals surface area contributed by atoms with Gasteiger partial charge in [0.2, 0.25) is 5.91 Å². The van der Waals surface area contributed by atoms with Crippen molar-refractivity contribution in [3.63, 3.8) is 0 Å². The van der Waals surface area contributed by atoms with Crippen LogP contribution in [0.3, 0.4) is 0 Å². The van der Waals surface area contributed by atoms with E-state index in [0.717, 1.165) is 24.2 Å². The van der Waals surface area contributed by atoms with E-state index in [0.29, 0.717) is 37.1 Å². The van der Waals surface area contributed by atoms with Crippen LogP contribution in [0.2, 0.25) is 0 Å². The Bertz CT molecular complexity index is 580. The lowest BCUT2D eigenvalue weighted by Gasteiger charge is -2.21. The third-order valence-corrected chi connectivity index (χ3v) is 5.98. The van der Waals surface area contributed by atoms with Crippen LogP contribution in [0.4, 0.5) is 4.79 Å². The number of nitrogens with zero attached hydrogens (tertiary/aromatic N) is 1. The molecule has 1 aliphatic heterocycles. The van der Waals surface area contributed by atoms with Gasteiger partial charge in [-0.05, 0) is 43.4 Å². The van der Waals surface area contributed by atoms with Crippen LogP contribution in [0, 0.1) is 17.8 Å². The summed E-state index contributed by atoms with van der Waals surface area (Å²) < 4.78 is 0. The molecule has 0 aromatic carbocycles. The molecule has 3 aliphatic carbocycles. The number of hydrogen-bond acceptors (Lipinski definition) is 3. The molecule has 4 amide bonds. The van der Waals surface area contributed by atoms with E-state index < -0.39 is 11.6 Å². The average molecular weight is 317 g/mol. The van der Waals surface area contributed by atoms with Gasteiger partial charge >= 0.3 is 6.03 Å². The van der Waals surface area contributed by atoms with Crippen molar-refractivity contribution in [2.75, 3.05) is 13.1 Å². The van der Waals surface area contributed by atoms with Crippen LogP contribution in [0.25, 0.3) is 0 Å². The Morgan fingerprint density at radius 2 is 2.04 bits per heavy atom. The summed E-state index contributed by atoms with van der Waals surface area (Å²) in [4.78, 5) is 37.8. The summed E-state index contributed by atoms with van der Waals surface area (Å²) in [5, 5.41) is 5.71. The van der Waals surface area contributed by atoms with Gasteiger partial charge in [-0.25, -0.2) is 4.79 Å². The summed E-state index contributed by atoms with van der Waals surface area (Å²) in [5.74, 6) is 1.29. The van der Waals surface area contributed by atoms with Gasteiger partial charge < -0.3 is 10.6 Å². The smallest absolute Gasteiger partial charge is 0.325 e. The maximum atomic E-state index is 12.5. The molecule has 124 valence electrons. The second-order valence-corrected chi connectivity index (χ2v) is 7.46. The summed E-state index contributed by atoms with van der Waals surface area (Å²) in [7, 11) is 0. The van der Waals surface area contributed by atoms with E-state index >= 15 is 0 Å². The van der Waals surface area contributed by atoms with Gasteiger partial charge in [-0.2, -0.15) is 0 Å². The average Bonchev–Trinajstić information content (AvgIpc) is 3.28. The van der Waals surface area contributed by atoms with Gasteiger partial charge in [-0.15, -0.1) is 0 Å². The van der Waals surface area contributed by atoms with Gasteiger partial charge in [-0.1, -0.05) is 25.0 Å². The lowest BCUT2D eigenvalue weighted by atomic mass is 9.93. The van der Waals surface area contributed by atoms with Crippen LogP contribution in [0.15, 0.2) is 12.2 Å². The van der Waals surface area contributed by atoms with Crippen LogP contribution < -0.4 is 10.6 Å². The SMILES string of the molecule is O=C(CN1C(=O)NC2(CCCC2)C1=O)NC[C@@H]1C[C@@H]2C=C[C@H]1C2. The number of urea groups is 1. The Hall–Kier alpha value is -1.85. The number of rotatable bonds is 4. The van der Waals surface area contributed by atoms with Crippen LogP contribution in [-0.4, -0.2) is 41.4 Å². The summed E-state index contributed by atoms with van der Waals surface area (Å²) in [6.45, 7) is 0.474. The fraction of sp³-hybridized carbons (Fsp3) is 0.706. The first-order valence-corrected chi connectivity index (χ1v) is 8.66. The fourth-order valence-corrected chi connectivity index (χ4v) is 4.71. The highest BCUT2D eigenvalue weighted by Crippen LogP contribution is 2.43. The van der Waals surface area contributed by atoms with Crippen molar-refractivity contribution >= 4 is 17.8 Å². The van der Waals surface area contributed by atoms with Crippen molar-refractivity contribution in [1.29, 1.82) is 0 Å². The van der Waals surface area contributed by atoms with E-state index in [1.54, 1.807) is 0 Å². The predicted molar refractivity (Wildman–Crippen MR) is 83.3 cm³/mol. The number of allylic oxidation sites excluding steroid dienone is 2. The molecule has 2 bridgehead atoms. The minimum Gasteiger partial charge on any atom is -0.354 e. The first-order valence-electron chi connectivity index (χ1n) is 8.66. The van der Waals surface area contributed by atoms with Crippen LogP contribution in [-0.2, 0) is 9.59 Å². The number of fused-ring (bicyclic) bond motifs is 2. The quantitative estimate of drug-likeness (QED) is 0.604. The van der Waals surface area contributed by atoms with Crippen molar-refractivity contribution in [1.82, 2.24) is 15.5 Å². The van der Waals surface area contributed by atoms with Gasteiger partial charge in [0.25, 0.3) is 5.91 Å². The van der Waals surface area contributed by atoms with Gasteiger partial charge in [0.05, 0.1) is 0 Å². The molecule has 6 heteroatoms. The number of hydrogen-bond donors (Lipinski definition) is 2. The largest absolute Gasteiger partial charge is 0.354 e. The van der Waals surface area contributed by atoms with E-state index in [1.165, 1.54) is 6.42 Å². The molecule has 2 saturated carbocycles. The van der Waals surface area contributed by atoms with Crippen LogP contribution in [0.1, 0.15) is 38.5 Å². The van der Waals surface area contributed by atoms with E-state index in [1.807, 2.05) is 0 Å². The molecule has 4 aliphatic rings. The minimum absolute atomic E-state index is 0.164. The first-order chi connectivity index (χ1) is 11.1. The lowest BCUT2D eigenvalue weighted by molar-refractivity contribution is -0.134. The molecule has 1 heterocycles. The summed E-state index contributed by atoms with van der Waals surface area (Å²) in [6.07, 6.45) is 10.1. The topological polar surface area (TPSA) is 78.5 Å². The van der Waals surface area contributed by atoms with Crippen molar-refractivity contribution in [2.24, 2.45) is 17.8 Å². The Labute approximate surface area is 135 Å². The number of nitrogens with one attached hydrogen (secondary N) is 2. The molecule has 6 nitrogen and oxygen atoms in total. The molecule has 0 radical (unpaired) electrons. The predicted octanol–water partition coefficient (Wildman–Crippen LogP) is 1.18. The molecule has 1 spiro atoms. The molecule has 3 fully saturated rings. The standard InChI is InChI=1S/C17H23N3O3/c21-14(18-9-13-8-11-3-4-12(13)7-11)10-20-15(22)17(19-16(20)23)5-1-2-6-17/h3-4,11-13H,1-2,5-10H2,(H,18,21)(H,19,23)/t11-,12+,13+/m1/s1. The third kappa shape index (κ3) is 2.44. The molecule has 0 unspecified atom stereocenters. The normalized spacial score (nSPS) is 33.7. The zero-order valence-corrected chi connectivity index (χ0v) is 13.2. The molecular formula is C17H23N3O3. The summed E-state index contributed by atoms with van der Waals surface area (Å²) in [6, 6.07) is -0.421. The number of carbonyl (C=O) groups excluding carboxylic acids is 3. The Morgan fingerprint density at radius 3 is 2.70 bits per heavy atom. The molecule has 23 heavy (non-hydrogen) atoms. The van der Waals surface area contributed by atoms with E-state index in [9.17, 15) is 14.4 Å². The number of carbonyl (C=O) groups is 3. The summed E-state index contributed by atoms with van der Waals surface area (Å²) in [5.41, 5.74) is -0.729. The maximum absolute atomic E-state index is 12.5. The molecule has 1 saturated heterocycles. The Morgan fingerprint density at radius 1 is 1.26 bits per heavy atom. The fourth-order valence-electron chi connectivity index (χ4n) is 4.71. The molecule has 0 aromatic heterocycles. The van der Waals surface area contributed by atoms with Crippen LogP contribution >= 0.6 is 0 Å². The van der Waals surface area contributed by atoms with Gasteiger partial charge in [0, 0.05) is 6.54 Å². The highest BCUT2D eigenvalue weighted by atomic mass is 16.2. The van der Waals surface area contributed by atoms with E-state index in [-0.39, 0.29) is 18.4 Å². The molecule has 3 atom stereocenters. The minimum atomic E-state index is -0.729. The molecule has 0 aromatic rings. The van der Waals surface area contributed by atoms with E-state index in [4.69, 9.17) is 0 Å². The van der Waals surface area contributed by atoms with Crippen LogP contribution in [0.5, 0.6) is 0 Å². The second kappa shape index (κ2) is 5.35. The molecule has 4 rings (SSSR count). The van der Waals surface area contributed by atoms with Crippen molar-refractivity contribution in [3.05, 3.63) is 12.2 Å². The Balaban J connectivity index is 1.31. The third-order valence-electron chi connectivity index (χ3n) is 5.98. The monoisotopic (exact) mass is 317 g/mol. The number of imide groups is 1. The first kappa shape index (κ1) is 14.7. The highest BCUT2D eigenvalue weighted by Gasteiger charge is 2.52. The lowest BCUT2D eigenvalue weighted by Crippen LogP contribution is -2.45. The second-order valence-electron chi connectivity index (χ2n) is 7.46. The summed E-state index contributed by atoms with van der Waals surface area (Å²) >= 11 is 0. The highest BCUT2D eigenvalue weighted by molar-refractivity contribution is 6.09. The van der Waals surface area contributed by atoms with Gasteiger partial charge in [-0.3, -0.25) is 14.5 Å². The van der Waals surface area contributed by atoms with Gasteiger partial charge in [0.1, 0.15) is 12.1 Å². The molecule has 2 N–H and O–H groups in total. The van der Waals surface area contributed by atoms with Crippen molar-refractivity contribution in [2.45, 2.75) is 44.1 Å². The van der Waals surface area contributed by atoms with E-state index in [2.05, 4.69) is 22.8 Å². The zero-order valence-electron chi connectivity index (χ0n) is 13.2. The van der Waals surface area contributed by atoms with Gasteiger partial charge in [0.15, 0.2) is 0 Å². The number of amides is 4.